The van der Waals surface area contributed by atoms with Crippen LogP contribution in [0.1, 0.15) is 12.5 Å². The van der Waals surface area contributed by atoms with Gasteiger partial charge >= 0.3 is 0 Å². The Morgan fingerprint density at radius 1 is 0.571 bits per heavy atom. The normalized spacial score (nSPS) is 10.8. The molecule has 0 aliphatic heterocycles. The molecular weight excluding hydrogens is 460 g/mol. The Bertz CT molecular complexity index is 1320. The lowest BCUT2D eigenvalue weighted by Crippen LogP contribution is -2.02. The number of halogens is 4. The van der Waals surface area contributed by atoms with Crippen molar-refractivity contribution in [1.82, 2.24) is 0 Å². The van der Waals surface area contributed by atoms with Crippen molar-refractivity contribution >= 4 is 0 Å². The minimum Gasteiger partial charge on any atom is -0.497 e. The quantitative estimate of drug-likeness (QED) is 0.243. The van der Waals surface area contributed by atoms with E-state index in [0.29, 0.717) is 22.4 Å². The van der Waals surface area contributed by atoms with Crippen molar-refractivity contribution in [3.05, 3.63) is 102 Å². The van der Waals surface area contributed by atoms with Crippen LogP contribution in [-0.4, -0.2) is 13.7 Å². The summed E-state index contributed by atoms with van der Waals surface area (Å²) >= 11 is 0. The van der Waals surface area contributed by atoms with Gasteiger partial charge in [-0.1, -0.05) is 48.5 Å². The average Bonchev–Trinajstić information content (AvgIpc) is 2.88. The fourth-order valence-electron chi connectivity index (χ4n) is 3.60. The summed E-state index contributed by atoms with van der Waals surface area (Å²) in [5.41, 5.74) is 1.87. The van der Waals surface area contributed by atoms with E-state index in [2.05, 4.69) is 0 Å². The van der Waals surface area contributed by atoms with Crippen LogP contribution in [0.5, 0.6) is 17.2 Å². The maximum atomic E-state index is 14.9. The van der Waals surface area contributed by atoms with Crippen LogP contribution in [0, 0.1) is 23.3 Å². The van der Waals surface area contributed by atoms with Crippen LogP contribution in [0.4, 0.5) is 17.6 Å². The summed E-state index contributed by atoms with van der Waals surface area (Å²) in [6, 6.07) is 18.8. The maximum Gasteiger partial charge on any atom is 0.204 e. The van der Waals surface area contributed by atoms with Gasteiger partial charge in [0.2, 0.25) is 11.6 Å². The molecule has 0 N–H and O–H groups in total. The van der Waals surface area contributed by atoms with Crippen LogP contribution in [0.15, 0.2) is 72.8 Å². The summed E-state index contributed by atoms with van der Waals surface area (Å²) in [6.07, 6.45) is 0. The molecule has 0 fully saturated rings. The lowest BCUT2D eigenvalue weighted by Gasteiger charge is -2.12. The summed E-state index contributed by atoms with van der Waals surface area (Å²) in [4.78, 5) is 0. The highest BCUT2D eigenvalue weighted by Gasteiger charge is 2.17. The lowest BCUT2D eigenvalue weighted by atomic mass is 9.98. The standard InChI is InChI=1S/C28H22F4O3/c1-3-34-23-14-15-24(28(32)27(23)31)35-16-17-4-6-18(7-5-17)21-12-13-22(26(30)25(21)29)19-8-10-20(33-2)11-9-19/h4-15H,3,16H2,1-2H3. The molecule has 0 amide bonds. The molecule has 3 nitrogen and oxygen atoms in total. The number of hydrogen-bond donors (Lipinski definition) is 0. The van der Waals surface area contributed by atoms with Gasteiger partial charge in [0.15, 0.2) is 23.1 Å². The Balaban J connectivity index is 1.50. The second kappa shape index (κ2) is 10.5. The third-order valence-electron chi connectivity index (χ3n) is 5.45. The van der Waals surface area contributed by atoms with Crippen LogP contribution in [0.2, 0.25) is 0 Å². The van der Waals surface area contributed by atoms with Gasteiger partial charge in [-0.15, -0.1) is 0 Å². The second-order valence-corrected chi connectivity index (χ2v) is 7.63. The molecule has 0 aliphatic carbocycles. The number of ether oxygens (including phenoxy) is 3. The smallest absolute Gasteiger partial charge is 0.204 e. The van der Waals surface area contributed by atoms with E-state index < -0.39 is 23.3 Å². The van der Waals surface area contributed by atoms with E-state index in [9.17, 15) is 17.6 Å². The molecule has 4 aromatic carbocycles. The van der Waals surface area contributed by atoms with Gasteiger partial charge in [-0.3, -0.25) is 0 Å². The fraction of sp³-hybridized carbons (Fsp3) is 0.143. The van der Waals surface area contributed by atoms with E-state index in [0.717, 1.165) is 0 Å². The van der Waals surface area contributed by atoms with Crippen LogP contribution in [-0.2, 0) is 6.61 Å². The number of methoxy groups -OCH3 is 1. The van der Waals surface area contributed by atoms with Crippen LogP contribution >= 0.6 is 0 Å². The van der Waals surface area contributed by atoms with Gasteiger partial charge in [-0.2, -0.15) is 8.78 Å². The topological polar surface area (TPSA) is 27.7 Å². The van der Waals surface area contributed by atoms with Crippen molar-refractivity contribution in [3.63, 3.8) is 0 Å². The Hall–Kier alpha value is -4.00. The van der Waals surface area contributed by atoms with E-state index in [-0.39, 0.29) is 35.8 Å². The zero-order valence-electron chi connectivity index (χ0n) is 19.1. The summed E-state index contributed by atoms with van der Waals surface area (Å²) in [5, 5.41) is 0. The van der Waals surface area contributed by atoms with E-state index in [1.54, 1.807) is 55.5 Å². The Morgan fingerprint density at radius 2 is 1.06 bits per heavy atom. The number of hydrogen-bond acceptors (Lipinski definition) is 3. The van der Waals surface area contributed by atoms with E-state index in [1.807, 2.05) is 0 Å². The molecule has 0 aliphatic rings. The number of benzene rings is 4. The summed E-state index contributed by atoms with van der Waals surface area (Å²) in [6.45, 7) is 1.83. The molecule has 4 rings (SSSR count). The van der Waals surface area contributed by atoms with Gasteiger partial charge in [0.05, 0.1) is 13.7 Å². The van der Waals surface area contributed by atoms with Gasteiger partial charge in [-0.25, -0.2) is 8.78 Å². The molecule has 0 aromatic heterocycles. The first-order valence-electron chi connectivity index (χ1n) is 10.9. The predicted octanol–water partition coefficient (Wildman–Crippen LogP) is 7.56. The first-order chi connectivity index (χ1) is 16.9. The van der Waals surface area contributed by atoms with Crippen molar-refractivity contribution < 1.29 is 31.8 Å². The second-order valence-electron chi connectivity index (χ2n) is 7.63. The Labute approximate surface area is 200 Å². The molecular formula is C28H22F4O3. The van der Waals surface area contributed by atoms with Gasteiger partial charge in [-0.05, 0) is 47.9 Å². The zero-order chi connectivity index (χ0) is 24.9. The highest BCUT2D eigenvalue weighted by Crippen LogP contribution is 2.33. The molecule has 0 spiro atoms. The summed E-state index contributed by atoms with van der Waals surface area (Å²) in [7, 11) is 1.53. The van der Waals surface area contributed by atoms with Crippen molar-refractivity contribution in [2.45, 2.75) is 13.5 Å². The molecule has 0 heterocycles. The Morgan fingerprint density at radius 3 is 1.54 bits per heavy atom. The molecule has 35 heavy (non-hydrogen) atoms. The first-order valence-corrected chi connectivity index (χ1v) is 10.9. The summed E-state index contributed by atoms with van der Waals surface area (Å²) in [5.74, 6) is -3.99. The lowest BCUT2D eigenvalue weighted by molar-refractivity contribution is 0.274. The molecule has 0 unspecified atom stereocenters. The van der Waals surface area contributed by atoms with Gasteiger partial charge < -0.3 is 14.2 Å². The van der Waals surface area contributed by atoms with Gasteiger partial charge in [0.25, 0.3) is 0 Å². The van der Waals surface area contributed by atoms with Crippen LogP contribution < -0.4 is 14.2 Å². The van der Waals surface area contributed by atoms with Crippen molar-refractivity contribution in [3.8, 4) is 39.5 Å². The van der Waals surface area contributed by atoms with E-state index >= 15 is 0 Å². The molecule has 0 bridgehead atoms. The molecule has 0 radical (unpaired) electrons. The Kier molecular flexibility index (Phi) is 7.25. The average molecular weight is 482 g/mol. The van der Waals surface area contributed by atoms with E-state index in [4.69, 9.17) is 14.2 Å². The van der Waals surface area contributed by atoms with Crippen LogP contribution in [0.3, 0.4) is 0 Å². The third-order valence-corrected chi connectivity index (χ3v) is 5.45. The fourth-order valence-corrected chi connectivity index (χ4v) is 3.60. The summed E-state index contributed by atoms with van der Waals surface area (Å²) < 4.78 is 73.5. The minimum absolute atomic E-state index is 0.0438. The molecule has 180 valence electrons. The van der Waals surface area contributed by atoms with Crippen molar-refractivity contribution in [2.24, 2.45) is 0 Å². The van der Waals surface area contributed by atoms with Gasteiger partial charge in [0, 0.05) is 11.1 Å². The third kappa shape index (κ3) is 5.09. The monoisotopic (exact) mass is 482 g/mol. The molecule has 0 saturated carbocycles. The predicted molar refractivity (Wildman–Crippen MR) is 126 cm³/mol. The van der Waals surface area contributed by atoms with Crippen molar-refractivity contribution in [1.29, 1.82) is 0 Å². The highest BCUT2D eigenvalue weighted by atomic mass is 19.2. The van der Waals surface area contributed by atoms with Crippen LogP contribution in [0.25, 0.3) is 22.3 Å². The van der Waals surface area contributed by atoms with E-state index in [1.165, 1.54) is 31.4 Å². The minimum atomic E-state index is -1.14. The zero-order valence-corrected chi connectivity index (χ0v) is 19.1. The first kappa shape index (κ1) is 24.1. The largest absolute Gasteiger partial charge is 0.497 e. The molecule has 0 saturated heterocycles. The SMILES string of the molecule is CCOc1ccc(OCc2ccc(-c3ccc(-c4ccc(OC)cc4)c(F)c3F)cc2)c(F)c1F. The highest BCUT2D eigenvalue weighted by molar-refractivity contribution is 5.72. The molecule has 4 aromatic rings. The molecule has 0 atom stereocenters. The van der Waals surface area contributed by atoms with Gasteiger partial charge in [0.1, 0.15) is 12.4 Å². The maximum absolute atomic E-state index is 14.9. The molecule has 7 heteroatoms. The van der Waals surface area contributed by atoms with Crippen molar-refractivity contribution in [2.75, 3.05) is 13.7 Å². The number of rotatable bonds is 8.